The van der Waals surface area contributed by atoms with E-state index in [-0.39, 0.29) is 34.9 Å². The lowest BCUT2D eigenvalue weighted by atomic mass is 10.1. The lowest BCUT2D eigenvalue weighted by molar-refractivity contribution is 0.0551. The highest BCUT2D eigenvalue weighted by molar-refractivity contribution is 7.90. The Morgan fingerprint density at radius 3 is 2.31 bits per heavy atom. The van der Waals surface area contributed by atoms with Crippen molar-refractivity contribution in [2.45, 2.75) is 30.8 Å². The zero-order chi connectivity index (χ0) is 23.7. The fourth-order valence-electron chi connectivity index (χ4n) is 2.87. The van der Waals surface area contributed by atoms with Crippen LogP contribution in [0.25, 0.3) is 16.8 Å². The molecule has 1 heterocycles. The number of nitrogens with zero attached hydrogens (tertiary/aromatic N) is 2. The van der Waals surface area contributed by atoms with E-state index in [1.807, 2.05) is 0 Å². The first-order valence-corrected chi connectivity index (χ1v) is 11.5. The molecule has 10 heteroatoms. The summed E-state index contributed by atoms with van der Waals surface area (Å²) in [5.74, 6) is -2.33. The third-order valence-electron chi connectivity index (χ3n) is 4.64. The molecule has 0 amide bonds. The molecule has 0 bridgehead atoms. The van der Waals surface area contributed by atoms with Crippen LogP contribution in [0.1, 0.15) is 20.3 Å². The number of sulfone groups is 1. The summed E-state index contributed by atoms with van der Waals surface area (Å²) in [4.78, 5) is 13.2. The molecule has 0 aliphatic rings. The number of halogens is 2. The van der Waals surface area contributed by atoms with Crippen molar-refractivity contribution in [3.05, 3.63) is 70.6 Å². The van der Waals surface area contributed by atoms with Gasteiger partial charge in [-0.3, -0.25) is 4.79 Å². The van der Waals surface area contributed by atoms with Crippen molar-refractivity contribution in [3.63, 3.8) is 0 Å². The largest absolute Gasteiger partial charge is 0.487 e. The lowest BCUT2D eigenvalue weighted by Gasteiger charge is -2.18. The van der Waals surface area contributed by atoms with E-state index in [9.17, 15) is 27.1 Å². The second-order valence-electron chi connectivity index (χ2n) is 7.91. The number of benzene rings is 2. The molecule has 7 nitrogen and oxygen atoms in total. The van der Waals surface area contributed by atoms with Crippen molar-refractivity contribution in [1.82, 2.24) is 9.78 Å². The van der Waals surface area contributed by atoms with E-state index in [2.05, 4.69) is 5.10 Å². The van der Waals surface area contributed by atoms with Crippen LogP contribution in [0, 0.1) is 11.6 Å². The Bertz CT molecular complexity index is 1300. The minimum atomic E-state index is -3.41. The van der Waals surface area contributed by atoms with Gasteiger partial charge in [0.1, 0.15) is 0 Å². The third kappa shape index (κ3) is 5.38. The molecule has 0 atom stereocenters. The monoisotopic (exact) mass is 464 g/mol. The molecule has 0 aliphatic heterocycles. The first-order valence-electron chi connectivity index (χ1n) is 9.60. The van der Waals surface area contributed by atoms with Crippen LogP contribution < -0.4 is 10.3 Å². The first kappa shape index (κ1) is 23.6. The summed E-state index contributed by atoms with van der Waals surface area (Å²) in [6.07, 6.45) is 2.61. The third-order valence-corrected chi connectivity index (χ3v) is 5.76. The van der Waals surface area contributed by atoms with E-state index >= 15 is 0 Å². The average Bonchev–Trinajstić information content (AvgIpc) is 2.70. The molecule has 0 spiro atoms. The molecule has 1 aromatic heterocycles. The topological polar surface area (TPSA) is 98.5 Å². The predicted octanol–water partition coefficient (Wildman–Crippen LogP) is 3.12. The van der Waals surface area contributed by atoms with Gasteiger partial charge in [0.15, 0.2) is 27.2 Å². The highest BCUT2D eigenvalue weighted by atomic mass is 32.2. The number of hydrogen-bond acceptors (Lipinski definition) is 6. The molecule has 1 N–H and O–H groups in total. The second-order valence-corrected chi connectivity index (χ2v) is 9.93. The fraction of sp³-hybridized carbons (Fsp3) is 0.273. The van der Waals surface area contributed by atoms with Crippen LogP contribution in [-0.2, 0) is 9.84 Å². The van der Waals surface area contributed by atoms with Gasteiger partial charge in [0, 0.05) is 24.3 Å². The Morgan fingerprint density at radius 1 is 1.09 bits per heavy atom. The maximum absolute atomic E-state index is 13.7. The van der Waals surface area contributed by atoms with Crippen molar-refractivity contribution in [3.8, 4) is 22.6 Å². The standard InChI is InChI=1S/C22H22F2N2O5S/c1-22(2,28)10-11-31-20-17(14-4-7-16(8-5-14)32(3,29)30)13-25-26(21(20)27)15-6-9-18(23)19(24)12-15/h4-9,12-13,28H,10-11H2,1-3H3. The summed E-state index contributed by atoms with van der Waals surface area (Å²) in [7, 11) is -3.41. The van der Waals surface area contributed by atoms with Crippen LogP contribution in [0.5, 0.6) is 5.75 Å². The summed E-state index contributed by atoms with van der Waals surface area (Å²) in [5.41, 5.74) is -1.01. The van der Waals surface area contributed by atoms with Gasteiger partial charge in [0.05, 0.1) is 29.0 Å². The van der Waals surface area contributed by atoms with Crippen LogP contribution in [0.4, 0.5) is 8.78 Å². The number of aliphatic hydroxyl groups is 1. The average molecular weight is 464 g/mol. The lowest BCUT2D eigenvalue weighted by Crippen LogP contribution is -2.26. The van der Waals surface area contributed by atoms with Crippen LogP contribution in [0.3, 0.4) is 0 Å². The van der Waals surface area contributed by atoms with Crippen molar-refractivity contribution in [1.29, 1.82) is 0 Å². The summed E-state index contributed by atoms with van der Waals surface area (Å²) in [6, 6.07) is 8.73. The quantitative estimate of drug-likeness (QED) is 0.577. The van der Waals surface area contributed by atoms with Gasteiger partial charge < -0.3 is 9.84 Å². The van der Waals surface area contributed by atoms with Gasteiger partial charge in [-0.25, -0.2) is 17.2 Å². The van der Waals surface area contributed by atoms with Crippen molar-refractivity contribution in [2.24, 2.45) is 0 Å². The predicted molar refractivity (Wildman–Crippen MR) is 115 cm³/mol. The smallest absolute Gasteiger partial charge is 0.314 e. The fourth-order valence-corrected chi connectivity index (χ4v) is 3.50. The van der Waals surface area contributed by atoms with Gasteiger partial charge >= 0.3 is 5.56 Å². The zero-order valence-electron chi connectivity index (χ0n) is 17.7. The van der Waals surface area contributed by atoms with Gasteiger partial charge in [0.25, 0.3) is 0 Å². The molecule has 0 saturated carbocycles. The van der Waals surface area contributed by atoms with E-state index < -0.39 is 32.6 Å². The van der Waals surface area contributed by atoms with Crippen molar-refractivity contribution >= 4 is 9.84 Å². The molecule has 32 heavy (non-hydrogen) atoms. The molecule has 0 radical (unpaired) electrons. The van der Waals surface area contributed by atoms with E-state index in [0.717, 1.165) is 23.1 Å². The van der Waals surface area contributed by atoms with E-state index in [1.54, 1.807) is 13.8 Å². The minimum Gasteiger partial charge on any atom is -0.487 e. The molecule has 0 saturated heterocycles. The Kier molecular flexibility index (Phi) is 6.47. The molecule has 0 unspecified atom stereocenters. The summed E-state index contributed by atoms with van der Waals surface area (Å²) >= 11 is 0. The second kappa shape index (κ2) is 8.79. The maximum atomic E-state index is 13.7. The highest BCUT2D eigenvalue weighted by Crippen LogP contribution is 2.28. The van der Waals surface area contributed by atoms with Gasteiger partial charge in [-0.15, -0.1) is 0 Å². The Labute approximate surface area is 183 Å². The number of rotatable bonds is 7. The van der Waals surface area contributed by atoms with Crippen LogP contribution in [0.2, 0.25) is 0 Å². The molecule has 3 aromatic rings. The Hall–Kier alpha value is -3.11. The minimum absolute atomic E-state index is 0.000197. The first-order chi connectivity index (χ1) is 14.9. The Balaban J connectivity index is 2.10. The van der Waals surface area contributed by atoms with Crippen LogP contribution in [0.15, 0.2) is 58.4 Å². The van der Waals surface area contributed by atoms with Crippen LogP contribution in [-0.4, -0.2) is 41.8 Å². The summed E-state index contributed by atoms with van der Waals surface area (Å²) in [5, 5.41) is 14.0. The van der Waals surface area contributed by atoms with E-state index in [0.29, 0.717) is 5.56 Å². The number of hydrogen-bond donors (Lipinski definition) is 1. The van der Waals surface area contributed by atoms with Crippen molar-refractivity contribution < 1.29 is 27.0 Å². The van der Waals surface area contributed by atoms with Crippen molar-refractivity contribution in [2.75, 3.05) is 12.9 Å². The van der Waals surface area contributed by atoms with Gasteiger partial charge in [-0.2, -0.15) is 9.78 Å². The molecular formula is C22H22F2N2O5S. The molecule has 3 rings (SSSR count). The van der Waals surface area contributed by atoms with E-state index in [1.165, 1.54) is 36.5 Å². The molecule has 0 fully saturated rings. The molecular weight excluding hydrogens is 442 g/mol. The molecule has 2 aromatic carbocycles. The zero-order valence-corrected chi connectivity index (χ0v) is 18.5. The summed E-state index contributed by atoms with van der Waals surface area (Å²) in [6.45, 7) is 3.18. The highest BCUT2D eigenvalue weighted by Gasteiger charge is 2.19. The van der Waals surface area contributed by atoms with Gasteiger partial charge in [-0.05, 0) is 43.7 Å². The SMILES string of the molecule is CC(C)(O)CCOc1c(-c2ccc(S(C)(=O)=O)cc2)cnn(-c2ccc(F)c(F)c2)c1=O. The number of ether oxygens (including phenoxy) is 1. The Morgan fingerprint density at radius 2 is 1.75 bits per heavy atom. The molecule has 170 valence electrons. The van der Waals surface area contributed by atoms with Gasteiger partial charge in [0.2, 0.25) is 0 Å². The molecule has 0 aliphatic carbocycles. The summed E-state index contributed by atoms with van der Waals surface area (Å²) < 4.78 is 57.0. The van der Waals surface area contributed by atoms with Crippen LogP contribution >= 0.6 is 0 Å². The van der Waals surface area contributed by atoms with E-state index in [4.69, 9.17) is 4.74 Å². The van der Waals surface area contributed by atoms with Gasteiger partial charge in [-0.1, -0.05) is 12.1 Å². The maximum Gasteiger partial charge on any atom is 0.314 e. The normalized spacial score (nSPS) is 12.1. The number of aromatic nitrogens is 2.